The van der Waals surface area contributed by atoms with E-state index in [0.717, 1.165) is 0 Å². The summed E-state index contributed by atoms with van der Waals surface area (Å²) in [6.45, 7) is 5.24. The molecule has 27 heavy (non-hydrogen) atoms. The van der Waals surface area contributed by atoms with Gasteiger partial charge >= 0.3 is 0 Å². The van der Waals surface area contributed by atoms with Crippen molar-refractivity contribution in [3.63, 3.8) is 0 Å². The molecule has 0 aliphatic carbocycles. The lowest BCUT2D eigenvalue weighted by Gasteiger charge is -2.16. The van der Waals surface area contributed by atoms with Gasteiger partial charge < -0.3 is 10.5 Å². The topological polar surface area (TPSA) is 116 Å². The Hall–Kier alpha value is -3.42. The first-order chi connectivity index (χ1) is 12.8. The maximum absolute atomic E-state index is 12.3. The number of hydrogen-bond donors (Lipinski definition) is 2. The summed E-state index contributed by atoms with van der Waals surface area (Å²) in [6, 6.07) is 8.83. The van der Waals surface area contributed by atoms with Crippen LogP contribution in [0.5, 0.6) is 5.75 Å². The molecule has 8 nitrogen and oxygen atoms in total. The van der Waals surface area contributed by atoms with Gasteiger partial charge in [0.2, 0.25) is 11.9 Å². The number of rotatable bonds is 5. The fourth-order valence-electron chi connectivity index (χ4n) is 2.90. The van der Waals surface area contributed by atoms with Gasteiger partial charge in [-0.2, -0.15) is 5.10 Å². The summed E-state index contributed by atoms with van der Waals surface area (Å²) in [5, 5.41) is 4.41. The summed E-state index contributed by atoms with van der Waals surface area (Å²) in [5.41, 5.74) is 8.47. The second kappa shape index (κ2) is 7.06. The third kappa shape index (κ3) is 3.46. The second-order valence-electron chi connectivity index (χ2n) is 6.33. The molecule has 140 valence electrons. The van der Waals surface area contributed by atoms with E-state index in [4.69, 9.17) is 10.5 Å². The molecule has 0 fully saturated rings. The predicted octanol–water partition coefficient (Wildman–Crippen LogP) is 1.51. The monoisotopic (exact) mass is 367 g/mol. The predicted molar refractivity (Wildman–Crippen MR) is 100 cm³/mol. The molecule has 1 amide bonds. The molecule has 1 aromatic carbocycles. The van der Waals surface area contributed by atoms with Crippen LogP contribution >= 0.6 is 0 Å². The molecular weight excluding hydrogens is 346 g/mol. The number of nitrogens with two attached hydrogens (primary N) is 1. The van der Waals surface area contributed by atoms with Gasteiger partial charge in [0.1, 0.15) is 11.7 Å². The summed E-state index contributed by atoms with van der Waals surface area (Å²) < 4.78 is 6.63. The van der Waals surface area contributed by atoms with E-state index in [1.165, 1.54) is 4.68 Å². The van der Waals surface area contributed by atoms with E-state index in [2.05, 4.69) is 15.1 Å². The lowest BCUT2D eigenvalue weighted by molar-refractivity contribution is -0.118. The minimum absolute atomic E-state index is 0.242. The van der Waals surface area contributed by atoms with Crippen molar-refractivity contribution in [3.8, 4) is 11.7 Å². The first kappa shape index (κ1) is 18.4. The molecule has 0 spiro atoms. The molecule has 0 saturated carbocycles. The summed E-state index contributed by atoms with van der Waals surface area (Å²) >= 11 is 0. The number of nitrogens with zero attached hydrogens (tertiary/aromatic N) is 3. The van der Waals surface area contributed by atoms with Gasteiger partial charge in [-0.15, -0.1) is 0 Å². The number of H-pyrrole nitrogens is 1. The molecule has 0 aliphatic rings. The molecule has 3 rings (SSSR count). The van der Waals surface area contributed by atoms with Gasteiger partial charge in [0.05, 0.1) is 18.5 Å². The number of aromatic amines is 1. The van der Waals surface area contributed by atoms with Gasteiger partial charge in [0, 0.05) is 11.3 Å². The molecule has 3 N–H and O–H groups in total. The van der Waals surface area contributed by atoms with E-state index < -0.39 is 11.8 Å². The molecule has 0 radical (unpaired) electrons. The zero-order valence-corrected chi connectivity index (χ0v) is 15.6. The summed E-state index contributed by atoms with van der Waals surface area (Å²) in [5.74, 6) is -0.380. The Morgan fingerprint density at radius 2 is 1.89 bits per heavy atom. The van der Waals surface area contributed by atoms with Crippen LogP contribution in [0.2, 0.25) is 0 Å². The highest BCUT2D eigenvalue weighted by molar-refractivity contribution is 5.85. The van der Waals surface area contributed by atoms with Gasteiger partial charge in [-0.3, -0.25) is 14.6 Å². The number of amides is 1. The Kier molecular flexibility index (Phi) is 4.81. The van der Waals surface area contributed by atoms with E-state index in [-0.39, 0.29) is 11.5 Å². The molecule has 0 aliphatic heterocycles. The van der Waals surface area contributed by atoms with Crippen LogP contribution in [0.15, 0.2) is 35.1 Å². The van der Waals surface area contributed by atoms with E-state index >= 15 is 0 Å². The molecule has 3 aromatic rings. The number of ether oxygens (including phenoxy) is 1. The third-order valence-corrected chi connectivity index (χ3v) is 4.47. The number of nitrogens with one attached hydrogen (secondary N) is 1. The number of aromatic nitrogens is 4. The van der Waals surface area contributed by atoms with Crippen LogP contribution in [0.25, 0.3) is 5.95 Å². The van der Waals surface area contributed by atoms with Crippen LogP contribution < -0.4 is 16.0 Å². The Balaban J connectivity index is 2.17. The van der Waals surface area contributed by atoms with Crippen molar-refractivity contribution < 1.29 is 9.53 Å². The standard InChI is InChI=1S/C19H21N5O3/c1-10-9-15(16(17(20)25)13-5-7-14(27-4)8-6-13)24(23-10)19-21-12(3)11(2)18(26)22-19/h5-9,16H,1-4H3,(H2,20,25)(H,21,22,26). The number of primary amides is 1. The van der Waals surface area contributed by atoms with Gasteiger partial charge in [0.25, 0.3) is 5.56 Å². The molecular formula is C19H21N5O3. The highest BCUT2D eigenvalue weighted by Gasteiger charge is 2.26. The largest absolute Gasteiger partial charge is 0.497 e. The Morgan fingerprint density at radius 3 is 2.44 bits per heavy atom. The first-order valence-electron chi connectivity index (χ1n) is 8.39. The fraction of sp³-hybridized carbons (Fsp3) is 0.263. The lowest BCUT2D eigenvalue weighted by atomic mass is 9.94. The second-order valence-corrected chi connectivity index (χ2v) is 6.33. The van der Waals surface area contributed by atoms with Crippen LogP contribution in [0.3, 0.4) is 0 Å². The summed E-state index contributed by atoms with van der Waals surface area (Å²) in [7, 11) is 1.57. The maximum atomic E-state index is 12.3. The van der Waals surface area contributed by atoms with Gasteiger partial charge in [0.15, 0.2) is 0 Å². The molecule has 0 bridgehead atoms. The minimum Gasteiger partial charge on any atom is -0.497 e. The van der Waals surface area contributed by atoms with E-state index in [0.29, 0.717) is 34.0 Å². The van der Waals surface area contributed by atoms with Gasteiger partial charge in [-0.05, 0) is 44.5 Å². The van der Waals surface area contributed by atoms with Crippen LogP contribution in [-0.2, 0) is 4.79 Å². The average molecular weight is 367 g/mol. The Labute approximate surface area is 156 Å². The van der Waals surface area contributed by atoms with Crippen LogP contribution in [0, 0.1) is 20.8 Å². The SMILES string of the molecule is COc1ccc(C(C(N)=O)c2cc(C)nn2-c2nc(C)c(C)c(=O)[nH]2)cc1. The zero-order chi connectivity index (χ0) is 19.7. The lowest BCUT2D eigenvalue weighted by Crippen LogP contribution is -2.26. The Morgan fingerprint density at radius 1 is 1.22 bits per heavy atom. The number of hydrogen-bond acceptors (Lipinski definition) is 5. The molecule has 0 saturated heterocycles. The van der Waals surface area contributed by atoms with Crippen molar-refractivity contribution in [1.29, 1.82) is 0 Å². The molecule has 1 atom stereocenters. The normalized spacial score (nSPS) is 12.0. The molecule has 2 aromatic heterocycles. The van der Waals surface area contributed by atoms with Crippen molar-refractivity contribution in [2.45, 2.75) is 26.7 Å². The van der Waals surface area contributed by atoms with E-state index in [1.54, 1.807) is 58.2 Å². The average Bonchev–Trinajstić information content (AvgIpc) is 3.01. The van der Waals surface area contributed by atoms with E-state index in [1.807, 2.05) is 0 Å². The minimum atomic E-state index is -0.760. The zero-order valence-electron chi connectivity index (χ0n) is 15.6. The smallest absolute Gasteiger partial charge is 0.255 e. The fourth-order valence-corrected chi connectivity index (χ4v) is 2.90. The Bertz CT molecular complexity index is 1050. The molecule has 1 unspecified atom stereocenters. The number of carbonyl (C=O) groups excluding carboxylic acids is 1. The van der Waals surface area contributed by atoms with Crippen molar-refractivity contribution in [2.24, 2.45) is 5.73 Å². The summed E-state index contributed by atoms with van der Waals surface area (Å²) in [4.78, 5) is 31.6. The van der Waals surface area contributed by atoms with Crippen molar-refractivity contribution in [2.75, 3.05) is 7.11 Å². The van der Waals surface area contributed by atoms with Gasteiger partial charge in [-0.1, -0.05) is 12.1 Å². The van der Waals surface area contributed by atoms with Crippen molar-refractivity contribution in [3.05, 3.63) is 68.9 Å². The van der Waals surface area contributed by atoms with E-state index in [9.17, 15) is 9.59 Å². The summed E-state index contributed by atoms with van der Waals surface area (Å²) in [6.07, 6.45) is 0. The highest BCUT2D eigenvalue weighted by Crippen LogP contribution is 2.28. The van der Waals surface area contributed by atoms with Gasteiger partial charge in [-0.25, -0.2) is 9.67 Å². The maximum Gasteiger partial charge on any atom is 0.255 e. The highest BCUT2D eigenvalue weighted by atomic mass is 16.5. The van der Waals surface area contributed by atoms with Crippen molar-refractivity contribution >= 4 is 5.91 Å². The number of benzene rings is 1. The quantitative estimate of drug-likeness (QED) is 0.709. The number of methoxy groups -OCH3 is 1. The van der Waals surface area contributed by atoms with Crippen molar-refractivity contribution in [1.82, 2.24) is 19.7 Å². The third-order valence-electron chi connectivity index (χ3n) is 4.47. The van der Waals surface area contributed by atoms with Crippen LogP contribution in [0.1, 0.15) is 34.1 Å². The van der Waals surface area contributed by atoms with Crippen LogP contribution in [-0.4, -0.2) is 32.8 Å². The number of aryl methyl sites for hydroxylation is 2. The molecule has 8 heteroatoms. The number of carbonyl (C=O) groups is 1. The first-order valence-corrected chi connectivity index (χ1v) is 8.39. The molecule has 2 heterocycles. The van der Waals surface area contributed by atoms with Crippen LogP contribution in [0.4, 0.5) is 0 Å².